The van der Waals surface area contributed by atoms with Gasteiger partial charge >= 0.3 is 0 Å². The Bertz CT molecular complexity index is 352. The van der Waals surface area contributed by atoms with Gasteiger partial charge in [0.2, 0.25) is 5.91 Å². The van der Waals surface area contributed by atoms with E-state index in [1.54, 1.807) is 0 Å². The lowest BCUT2D eigenvalue weighted by Gasteiger charge is -2.38. The molecular formula is C11H19NO7. The topological polar surface area (TPSA) is 128 Å². The fraction of sp³-hybridized carbons (Fsp3) is 0.909. The van der Waals surface area contributed by atoms with Crippen LogP contribution in [-0.4, -0.2) is 75.8 Å². The van der Waals surface area contributed by atoms with E-state index in [2.05, 4.69) is 5.32 Å². The summed E-state index contributed by atoms with van der Waals surface area (Å²) in [5, 5.41) is 40.6. The van der Waals surface area contributed by atoms with Gasteiger partial charge in [-0.3, -0.25) is 4.79 Å². The van der Waals surface area contributed by atoms with Crippen molar-refractivity contribution in [2.24, 2.45) is 0 Å². The van der Waals surface area contributed by atoms with Crippen molar-refractivity contribution in [2.45, 2.75) is 49.6 Å². The molecule has 0 radical (unpaired) electrons. The Morgan fingerprint density at radius 3 is 2.68 bits per heavy atom. The lowest BCUT2D eigenvalue weighted by atomic mass is 9.92. The van der Waals surface area contributed by atoms with Gasteiger partial charge in [-0.25, -0.2) is 0 Å². The van der Waals surface area contributed by atoms with E-state index in [9.17, 15) is 20.1 Å². The molecule has 2 fully saturated rings. The maximum absolute atomic E-state index is 11.1. The predicted octanol–water partition coefficient (Wildman–Crippen LogP) is -2.92. The molecule has 0 aliphatic carbocycles. The first-order chi connectivity index (χ1) is 8.92. The number of hydrogen-bond donors (Lipinski definition) is 5. The van der Waals surface area contributed by atoms with Crippen LogP contribution in [0.25, 0.3) is 0 Å². The average Bonchev–Trinajstić information content (AvgIpc) is 2.69. The van der Waals surface area contributed by atoms with Crippen LogP contribution >= 0.6 is 0 Å². The van der Waals surface area contributed by atoms with E-state index in [0.29, 0.717) is 0 Å². The molecular weight excluding hydrogens is 258 g/mol. The average molecular weight is 277 g/mol. The van der Waals surface area contributed by atoms with Gasteiger partial charge in [0, 0.05) is 13.3 Å². The minimum Gasteiger partial charge on any atom is -0.394 e. The lowest BCUT2D eigenvalue weighted by Crippen LogP contribution is -2.59. The first kappa shape index (κ1) is 14.6. The molecule has 5 N–H and O–H groups in total. The van der Waals surface area contributed by atoms with Crippen molar-refractivity contribution in [2.75, 3.05) is 13.2 Å². The summed E-state index contributed by atoms with van der Waals surface area (Å²) in [5.74, 6) is -1.74. The molecule has 0 aromatic carbocycles. The molecule has 0 spiro atoms. The molecule has 8 heteroatoms. The van der Waals surface area contributed by atoms with Gasteiger partial charge < -0.3 is 35.2 Å². The third-order valence-corrected chi connectivity index (χ3v) is 3.49. The van der Waals surface area contributed by atoms with E-state index in [1.165, 1.54) is 6.92 Å². The van der Waals surface area contributed by atoms with Gasteiger partial charge in [-0.2, -0.15) is 0 Å². The SMILES string of the molecule is CC(=O)NC1C(O)CC2(CO)OC(C(O)CO)C1O2. The van der Waals surface area contributed by atoms with E-state index in [4.69, 9.17) is 14.6 Å². The highest BCUT2D eigenvalue weighted by atomic mass is 16.8. The van der Waals surface area contributed by atoms with E-state index in [-0.39, 0.29) is 12.3 Å². The van der Waals surface area contributed by atoms with E-state index in [1.807, 2.05) is 0 Å². The number of carbonyl (C=O) groups excluding carboxylic acids is 1. The standard InChI is InChI=1S/C11H19NO7/c1-5(15)12-8-6(16)2-11(4-14)18-9(7(17)3-13)10(8)19-11/h6-10,13-14,16-17H,2-4H2,1H3,(H,12,15). The van der Waals surface area contributed by atoms with Gasteiger partial charge in [0.1, 0.15) is 18.3 Å². The zero-order valence-corrected chi connectivity index (χ0v) is 10.5. The van der Waals surface area contributed by atoms with Crippen LogP contribution in [-0.2, 0) is 14.3 Å². The van der Waals surface area contributed by atoms with Crippen molar-refractivity contribution in [3.05, 3.63) is 0 Å². The number of hydrogen-bond acceptors (Lipinski definition) is 7. The van der Waals surface area contributed by atoms with Crippen molar-refractivity contribution in [3.63, 3.8) is 0 Å². The number of rotatable bonds is 4. The minimum atomic E-state index is -1.39. The quantitative estimate of drug-likeness (QED) is 0.372. The van der Waals surface area contributed by atoms with Crippen LogP contribution in [0.3, 0.4) is 0 Å². The van der Waals surface area contributed by atoms with Crippen LogP contribution in [0.15, 0.2) is 0 Å². The summed E-state index contributed by atoms with van der Waals surface area (Å²) in [6, 6.07) is -0.758. The molecule has 2 bridgehead atoms. The summed E-state index contributed by atoms with van der Waals surface area (Å²) < 4.78 is 11.0. The van der Waals surface area contributed by atoms with Crippen LogP contribution in [0.5, 0.6) is 0 Å². The van der Waals surface area contributed by atoms with Gasteiger partial charge in [-0.05, 0) is 0 Å². The fourth-order valence-corrected chi connectivity index (χ4v) is 2.65. The van der Waals surface area contributed by atoms with Crippen molar-refractivity contribution < 1.29 is 34.7 Å². The maximum atomic E-state index is 11.1. The van der Waals surface area contributed by atoms with Crippen molar-refractivity contribution >= 4 is 5.91 Å². The van der Waals surface area contributed by atoms with Gasteiger partial charge in [-0.15, -0.1) is 0 Å². The molecule has 19 heavy (non-hydrogen) atoms. The summed E-state index contributed by atoms with van der Waals surface area (Å²) in [6.07, 6.45) is -3.97. The Morgan fingerprint density at radius 1 is 1.47 bits per heavy atom. The van der Waals surface area contributed by atoms with E-state index < -0.39 is 49.5 Å². The van der Waals surface area contributed by atoms with E-state index >= 15 is 0 Å². The normalized spacial score (nSPS) is 43.0. The van der Waals surface area contributed by atoms with Crippen molar-refractivity contribution in [3.8, 4) is 0 Å². The number of fused-ring (bicyclic) bond motifs is 2. The van der Waals surface area contributed by atoms with Crippen LogP contribution < -0.4 is 5.32 Å². The molecule has 2 heterocycles. The summed E-state index contributed by atoms with van der Waals surface area (Å²) >= 11 is 0. The number of nitrogens with one attached hydrogen (secondary N) is 1. The number of aliphatic hydroxyl groups excluding tert-OH is 4. The Kier molecular flexibility index (Phi) is 4.09. The zero-order chi connectivity index (χ0) is 14.2. The molecule has 2 rings (SSSR count). The maximum Gasteiger partial charge on any atom is 0.217 e. The van der Waals surface area contributed by atoms with Gasteiger partial charge in [0.25, 0.3) is 0 Å². The fourth-order valence-electron chi connectivity index (χ4n) is 2.65. The number of ether oxygens (including phenoxy) is 2. The lowest BCUT2D eigenvalue weighted by molar-refractivity contribution is -0.240. The zero-order valence-electron chi connectivity index (χ0n) is 10.5. The van der Waals surface area contributed by atoms with Crippen LogP contribution in [0, 0.1) is 0 Å². The van der Waals surface area contributed by atoms with E-state index in [0.717, 1.165) is 0 Å². The van der Waals surface area contributed by atoms with Crippen LogP contribution in [0.1, 0.15) is 13.3 Å². The first-order valence-electron chi connectivity index (χ1n) is 6.13. The summed E-state index contributed by atoms with van der Waals surface area (Å²) in [5.41, 5.74) is 0. The molecule has 0 aromatic rings. The molecule has 8 nitrogen and oxygen atoms in total. The second-order valence-electron chi connectivity index (χ2n) is 4.98. The highest BCUT2D eigenvalue weighted by Crippen LogP contribution is 2.41. The third kappa shape index (κ3) is 2.60. The third-order valence-electron chi connectivity index (χ3n) is 3.49. The van der Waals surface area contributed by atoms with Crippen LogP contribution in [0.2, 0.25) is 0 Å². The van der Waals surface area contributed by atoms with Crippen molar-refractivity contribution in [1.82, 2.24) is 5.32 Å². The molecule has 2 aliphatic rings. The molecule has 110 valence electrons. The molecule has 0 aromatic heterocycles. The monoisotopic (exact) mass is 277 g/mol. The molecule has 2 saturated heterocycles. The molecule has 1 amide bonds. The van der Waals surface area contributed by atoms with Gasteiger partial charge in [0.15, 0.2) is 5.79 Å². The first-order valence-corrected chi connectivity index (χ1v) is 6.13. The molecule has 6 atom stereocenters. The highest BCUT2D eigenvalue weighted by Gasteiger charge is 2.59. The predicted molar refractivity (Wildman–Crippen MR) is 60.9 cm³/mol. The summed E-state index contributed by atoms with van der Waals surface area (Å²) in [4.78, 5) is 11.1. The van der Waals surface area contributed by atoms with Crippen LogP contribution in [0.4, 0.5) is 0 Å². The number of amides is 1. The molecule has 2 aliphatic heterocycles. The summed E-state index contributed by atoms with van der Waals surface area (Å²) in [7, 11) is 0. The number of aliphatic hydroxyl groups is 4. The molecule has 0 saturated carbocycles. The van der Waals surface area contributed by atoms with Crippen molar-refractivity contribution in [1.29, 1.82) is 0 Å². The summed E-state index contributed by atoms with van der Waals surface area (Å²) in [6.45, 7) is 0.269. The Morgan fingerprint density at radius 2 is 2.16 bits per heavy atom. The molecule has 6 unspecified atom stereocenters. The van der Waals surface area contributed by atoms with Gasteiger partial charge in [0.05, 0.1) is 25.4 Å². The largest absolute Gasteiger partial charge is 0.394 e. The van der Waals surface area contributed by atoms with Gasteiger partial charge in [-0.1, -0.05) is 0 Å². The Hall–Kier alpha value is -0.770. The minimum absolute atomic E-state index is 0.0282. The second kappa shape index (κ2) is 5.31. The highest BCUT2D eigenvalue weighted by molar-refractivity contribution is 5.73. The second-order valence-corrected chi connectivity index (χ2v) is 4.98. The smallest absolute Gasteiger partial charge is 0.217 e. The Labute approximate surface area is 109 Å². The Balaban J connectivity index is 2.23. The number of carbonyl (C=O) groups is 1.